The fourth-order valence-corrected chi connectivity index (χ4v) is 1.02. The van der Waals surface area contributed by atoms with Gasteiger partial charge in [-0.3, -0.25) is 0 Å². The van der Waals surface area contributed by atoms with E-state index in [-0.39, 0.29) is 0 Å². The van der Waals surface area contributed by atoms with Gasteiger partial charge < -0.3 is 4.74 Å². The molecule has 0 unspecified atom stereocenters. The molecule has 0 bridgehead atoms. The smallest absolute Gasteiger partial charge is 0.340 e. The van der Waals surface area contributed by atoms with E-state index in [4.69, 9.17) is 4.74 Å². The first-order valence-corrected chi connectivity index (χ1v) is 4.62. The SMILES string of the molecule is C[N+](=O)n1ccc(C(=O)OC(C)(C)C)c1. The van der Waals surface area contributed by atoms with E-state index in [9.17, 15) is 9.70 Å². The number of nitrogens with zero attached hydrogens (tertiary/aromatic N) is 2. The fraction of sp³-hybridized carbons (Fsp3) is 0.500. The minimum atomic E-state index is -0.525. The van der Waals surface area contributed by atoms with E-state index in [1.807, 2.05) is 0 Å². The maximum absolute atomic E-state index is 11.5. The van der Waals surface area contributed by atoms with Gasteiger partial charge in [-0.15, -0.1) is 0 Å². The zero-order chi connectivity index (χ0) is 11.6. The monoisotopic (exact) mass is 211 g/mol. The van der Waals surface area contributed by atoms with Crippen LogP contribution in [0.2, 0.25) is 0 Å². The lowest BCUT2D eigenvalue weighted by Gasteiger charge is -2.18. The zero-order valence-corrected chi connectivity index (χ0v) is 9.35. The molecule has 0 fully saturated rings. The van der Waals surface area contributed by atoms with E-state index < -0.39 is 11.6 Å². The Morgan fingerprint density at radius 3 is 2.47 bits per heavy atom. The highest BCUT2D eigenvalue weighted by atomic mass is 16.6. The summed E-state index contributed by atoms with van der Waals surface area (Å²) in [6.45, 7) is 5.38. The van der Waals surface area contributed by atoms with Crippen LogP contribution in [0, 0.1) is 4.91 Å². The predicted octanol–water partition coefficient (Wildman–Crippen LogP) is 1.62. The summed E-state index contributed by atoms with van der Waals surface area (Å²) >= 11 is 0. The molecule has 1 aromatic heterocycles. The number of hydrogen-bond acceptors (Lipinski definition) is 3. The van der Waals surface area contributed by atoms with Crippen LogP contribution in [-0.2, 0) is 4.74 Å². The average molecular weight is 211 g/mol. The van der Waals surface area contributed by atoms with Crippen molar-refractivity contribution in [2.24, 2.45) is 0 Å². The molecule has 0 atom stereocenters. The summed E-state index contributed by atoms with van der Waals surface area (Å²) in [5, 5.41) is 0. The molecule has 82 valence electrons. The molecule has 0 aromatic carbocycles. The molecule has 0 saturated carbocycles. The fourth-order valence-electron chi connectivity index (χ4n) is 1.02. The second kappa shape index (κ2) is 3.84. The Hall–Kier alpha value is -1.65. The Kier molecular flexibility index (Phi) is 2.93. The summed E-state index contributed by atoms with van der Waals surface area (Å²) in [6, 6.07) is 1.54. The summed E-state index contributed by atoms with van der Waals surface area (Å²) < 4.78 is 6.41. The van der Waals surface area contributed by atoms with E-state index in [0.29, 0.717) is 10.4 Å². The van der Waals surface area contributed by atoms with Crippen LogP contribution in [-0.4, -0.2) is 28.2 Å². The number of nitroso groups, excluding NO2 is 1. The molecule has 0 N–H and O–H groups in total. The Morgan fingerprint density at radius 1 is 1.47 bits per heavy atom. The molecule has 0 amide bonds. The third-order valence-corrected chi connectivity index (χ3v) is 1.64. The van der Waals surface area contributed by atoms with Crippen LogP contribution >= 0.6 is 0 Å². The Bertz CT molecular complexity index is 388. The molecule has 1 heterocycles. The van der Waals surface area contributed by atoms with Gasteiger partial charge >= 0.3 is 5.97 Å². The first-order valence-electron chi connectivity index (χ1n) is 4.62. The highest BCUT2D eigenvalue weighted by Crippen LogP contribution is 2.12. The van der Waals surface area contributed by atoms with Gasteiger partial charge in [-0.2, -0.15) is 0 Å². The standard InChI is InChI=1S/C10H15N2O3/c1-10(2,3)15-9(13)8-5-6-12(7-8)11(4)14/h5-7H,1-4H3/q+1. The molecule has 0 aliphatic heterocycles. The molecule has 5 heteroatoms. The summed E-state index contributed by atoms with van der Waals surface area (Å²) in [6.07, 6.45) is 2.94. The predicted molar refractivity (Wildman–Crippen MR) is 54.5 cm³/mol. The van der Waals surface area contributed by atoms with Gasteiger partial charge in [-0.05, 0) is 26.8 Å². The number of aromatic nitrogens is 1. The zero-order valence-electron chi connectivity index (χ0n) is 9.35. The number of ether oxygens (including phenoxy) is 1. The van der Waals surface area contributed by atoms with Crippen LogP contribution in [0.3, 0.4) is 0 Å². The van der Waals surface area contributed by atoms with Crippen molar-refractivity contribution in [1.82, 2.24) is 4.68 Å². The lowest BCUT2D eigenvalue weighted by molar-refractivity contribution is -0.578. The molecule has 0 spiro atoms. The molecular weight excluding hydrogens is 196 g/mol. The van der Waals surface area contributed by atoms with Gasteiger partial charge in [0.1, 0.15) is 10.5 Å². The van der Waals surface area contributed by atoms with Gasteiger partial charge in [0.05, 0.1) is 22.9 Å². The lowest BCUT2D eigenvalue weighted by atomic mass is 10.2. The third kappa shape index (κ3) is 3.19. The number of esters is 1. The van der Waals surface area contributed by atoms with Gasteiger partial charge in [-0.25, -0.2) is 4.79 Å². The lowest BCUT2D eigenvalue weighted by Crippen LogP contribution is -2.23. The van der Waals surface area contributed by atoms with Gasteiger partial charge in [0.2, 0.25) is 7.05 Å². The van der Waals surface area contributed by atoms with Crippen LogP contribution in [0.4, 0.5) is 0 Å². The van der Waals surface area contributed by atoms with E-state index in [2.05, 4.69) is 0 Å². The van der Waals surface area contributed by atoms with Gasteiger partial charge in [-0.1, -0.05) is 4.68 Å². The second-order valence-corrected chi connectivity index (χ2v) is 4.25. The van der Waals surface area contributed by atoms with Crippen molar-refractivity contribution < 1.29 is 14.4 Å². The summed E-state index contributed by atoms with van der Waals surface area (Å²) in [5.41, 5.74) is -0.157. The highest BCUT2D eigenvalue weighted by Gasteiger charge is 2.19. The van der Waals surface area contributed by atoms with Crippen molar-refractivity contribution in [2.45, 2.75) is 26.4 Å². The number of carbonyl (C=O) groups excluding carboxylic acids is 1. The average Bonchev–Trinajstić information content (AvgIpc) is 2.47. The maximum Gasteiger partial charge on any atom is 0.340 e. The summed E-state index contributed by atoms with van der Waals surface area (Å²) in [7, 11) is 1.35. The molecule has 15 heavy (non-hydrogen) atoms. The first-order chi connectivity index (χ1) is 6.79. The summed E-state index contributed by atoms with van der Waals surface area (Å²) in [5.74, 6) is -0.428. The van der Waals surface area contributed by atoms with Crippen LogP contribution in [0.15, 0.2) is 18.5 Å². The van der Waals surface area contributed by atoms with Crippen LogP contribution in [0.25, 0.3) is 0 Å². The highest BCUT2D eigenvalue weighted by molar-refractivity contribution is 5.89. The second-order valence-electron chi connectivity index (χ2n) is 4.25. The van der Waals surface area contributed by atoms with Gasteiger partial charge in [0, 0.05) is 0 Å². The Balaban J connectivity index is 2.79. The molecule has 5 nitrogen and oxygen atoms in total. The molecule has 1 rings (SSSR count). The molecular formula is C10H15N2O3+. The van der Waals surface area contributed by atoms with Crippen molar-refractivity contribution in [1.29, 1.82) is 0 Å². The molecule has 0 aliphatic rings. The quantitative estimate of drug-likeness (QED) is 0.551. The minimum Gasteiger partial charge on any atom is -0.456 e. The Labute approximate surface area is 88.2 Å². The van der Waals surface area contributed by atoms with E-state index >= 15 is 0 Å². The van der Waals surface area contributed by atoms with Crippen LogP contribution in [0.5, 0.6) is 0 Å². The molecule has 0 saturated heterocycles. The maximum atomic E-state index is 11.5. The minimum absolute atomic E-state index is 0.368. The topological polar surface area (TPSA) is 51.3 Å². The third-order valence-electron chi connectivity index (χ3n) is 1.64. The molecule has 1 aromatic rings. The number of rotatable bonds is 2. The van der Waals surface area contributed by atoms with Crippen molar-refractivity contribution in [3.8, 4) is 0 Å². The van der Waals surface area contributed by atoms with Crippen molar-refractivity contribution in [3.63, 3.8) is 0 Å². The largest absolute Gasteiger partial charge is 0.456 e. The van der Waals surface area contributed by atoms with E-state index in [1.165, 1.54) is 24.1 Å². The molecule has 0 radical (unpaired) electrons. The number of carbonyl (C=O) groups is 1. The van der Waals surface area contributed by atoms with Crippen LogP contribution < -0.4 is 0 Å². The van der Waals surface area contributed by atoms with Crippen LogP contribution in [0.1, 0.15) is 31.1 Å². The van der Waals surface area contributed by atoms with E-state index in [1.54, 1.807) is 26.8 Å². The first kappa shape index (κ1) is 11.4. The summed E-state index contributed by atoms with van der Waals surface area (Å²) in [4.78, 5) is 23.1. The van der Waals surface area contributed by atoms with Gasteiger partial charge in [0.15, 0.2) is 0 Å². The molecule has 0 aliphatic carbocycles. The van der Waals surface area contributed by atoms with Crippen molar-refractivity contribution in [2.75, 3.05) is 7.05 Å². The van der Waals surface area contributed by atoms with Crippen molar-refractivity contribution >= 4 is 5.97 Å². The Morgan fingerprint density at radius 2 is 2.07 bits per heavy atom. The van der Waals surface area contributed by atoms with Crippen molar-refractivity contribution in [3.05, 3.63) is 28.9 Å². The van der Waals surface area contributed by atoms with E-state index in [0.717, 1.165) is 0 Å². The normalized spacial score (nSPS) is 11.2. The number of hydrogen-bond donors (Lipinski definition) is 0. The van der Waals surface area contributed by atoms with Gasteiger partial charge in [0.25, 0.3) is 0 Å².